The van der Waals surface area contributed by atoms with Gasteiger partial charge in [0, 0.05) is 6.08 Å². The Balaban J connectivity index is 3.62. The minimum absolute atomic E-state index is 0.258. The minimum Gasteiger partial charge on any atom is -0.463 e. The molecule has 13 heavy (non-hydrogen) atoms. The number of ether oxygens (including phenoxy) is 1. The van der Waals surface area contributed by atoms with Crippen LogP contribution in [0, 0.1) is 0 Å². The highest BCUT2D eigenvalue weighted by Gasteiger charge is 1.93. The van der Waals surface area contributed by atoms with Crippen molar-refractivity contribution >= 4 is 5.97 Å². The summed E-state index contributed by atoms with van der Waals surface area (Å²) in [5.41, 5.74) is 1.16. The van der Waals surface area contributed by atoms with Crippen LogP contribution < -0.4 is 0 Å². The molecule has 0 spiro atoms. The fourth-order valence-electron chi connectivity index (χ4n) is 0.684. The van der Waals surface area contributed by atoms with Crippen LogP contribution in [0.3, 0.4) is 0 Å². The van der Waals surface area contributed by atoms with Gasteiger partial charge in [-0.1, -0.05) is 31.1 Å². The van der Waals surface area contributed by atoms with Gasteiger partial charge in [0.1, 0.15) is 0 Å². The van der Waals surface area contributed by atoms with Crippen LogP contribution in [0.2, 0.25) is 0 Å². The van der Waals surface area contributed by atoms with Gasteiger partial charge in [0.25, 0.3) is 0 Å². The van der Waals surface area contributed by atoms with E-state index in [9.17, 15) is 4.79 Å². The van der Waals surface area contributed by atoms with E-state index in [2.05, 4.69) is 6.92 Å². The molecule has 0 rings (SSSR count). The van der Waals surface area contributed by atoms with Crippen LogP contribution in [0.1, 0.15) is 33.6 Å². The molecular weight excluding hydrogens is 164 g/mol. The van der Waals surface area contributed by atoms with Gasteiger partial charge in [-0.05, 0) is 20.3 Å². The number of hydrogen-bond donors (Lipinski definition) is 0. The summed E-state index contributed by atoms with van der Waals surface area (Å²) in [6, 6.07) is 0. The first-order chi connectivity index (χ1) is 6.16. The van der Waals surface area contributed by atoms with Gasteiger partial charge in [0.15, 0.2) is 0 Å². The quantitative estimate of drug-likeness (QED) is 0.283. The van der Waals surface area contributed by atoms with E-state index >= 15 is 0 Å². The minimum atomic E-state index is -0.258. The molecule has 0 fully saturated rings. The largest absolute Gasteiger partial charge is 0.463 e. The lowest BCUT2D eigenvalue weighted by Gasteiger charge is -1.98. The average Bonchev–Trinajstić information content (AvgIpc) is 2.04. The van der Waals surface area contributed by atoms with Crippen molar-refractivity contribution in [2.75, 3.05) is 6.61 Å². The van der Waals surface area contributed by atoms with Crippen molar-refractivity contribution in [2.24, 2.45) is 0 Å². The average molecular weight is 182 g/mol. The van der Waals surface area contributed by atoms with Crippen LogP contribution in [-0.4, -0.2) is 12.6 Å². The maximum atomic E-state index is 11.0. The summed E-state index contributed by atoms with van der Waals surface area (Å²) in [5.74, 6) is -0.258. The predicted octanol–water partition coefficient (Wildman–Crippen LogP) is 2.85. The Morgan fingerprint density at radius 3 is 2.62 bits per heavy atom. The third-order valence-electron chi connectivity index (χ3n) is 1.40. The molecule has 74 valence electrons. The van der Waals surface area contributed by atoms with Crippen molar-refractivity contribution in [2.45, 2.75) is 33.6 Å². The van der Waals surface area contributed by atoms with E-state index in [1.165, 1.54) is 6.08 Å². The summed E-state index contributed by atoms with van der Waals surface area (Å²) in [5, 5.41) is 0. The standard InChI is InChI=1S/C11H18O2/c1-4-5-9-13-11(12)8-6-7-10(2)3/h6-8H,4-5,9H2,1-3H3/b8-6+. The van der Waals surface area contributed by atoms with Crippen LogP contribution >= 0.6 is 0 Å². The molecule has 0 aliphatic carbocycles. The Hall–Kier alpha value is -1.05. The summed E-state index contributed by atoms with van der Waals surface area (Å²) in [7, 11) is 0. The van der Waals surface area contributed by atoms with Crippen molar-refractivity contribution in [3.8, 4) is 0 Å². The van der Waals surface area contributed by atoms with Gasteiger partial charge in [-0.15, -0.1) is 0 Å². The smallest absolute Gasteiger partial charge is 0.330 e. The molecule has 2 nitrogen and oxygen atoms in total. The summed E-state index contributed by atoms with van der Waals surface area (Å²) in [6.45, 7) is 6.54. The Morgan fingerprint density at radius 1 is 1.38 bits per heavy atom. The first-order valence-electron chi connectivity index (χ1n) is 4.65. The number of carbonyl (C=O) groups is 1. The summed E-state index contributed by atoms with van der Waals surface area (Å²) >= 11 is 0. The molecule has 0 saturated heterocycles. The van der Waals surface area contributed by atoms with Gasteiger partial charge in [0.05, 0.1) is 6.61 Å². The van der Waals surface area contributed by atoms with E-state index in [0.29, 0.717) is 6.61 Å². The number of allylic oxidation sites excluding steroid dienone is 3. The second kappa shape index (κ2) is 7.59. The first kappa shape index (κ1) is 11.9. The van der Waals surface area contributed by atoms with E-state index in [1.807, 2.05) is 19.9 Å². The molecular formula is C11H18O2. The van der Waals surface area contributed by atoms with E-state index in [4.69, 9.17) is 4.74 Å². The summed E-state index contributed by atoms with van der Waals surface area (Å²) in [4.78, 5) is 11.0. The number of esters is 1. The molecule has 2 heteroatoms. The molecule has 0 radical (unpaired) electrons. The molecule has 0 aliphatic rings. The van der Waals surface area contributed by atoms with Gasteiger partial charge in [-0.2, -0.15) is 0 Å². The molecule has 0 aromatic carbocycles. The van der Waals surface area contributed by atoms with Crippen LogP contribution in [0.25, 0.3) is 0 Å². The van der Waals surface area contributed by atoms with E-state index in [1.54, 1.807) is 6.08 Å². The fourth-order valence-corrected chi connectivity index (χ4v) is 0.684. The maximum absolute atomic E-state index is 11.0. The maximum Gasteiger partial charge on any atom is 0.330 e. The lowest BCUT2D eigenvalue weighted by atomic mass is 10.3. The second-order valence-corrected chi connectivity index (χ2v) is 3.12. The summed E-state index contributed by atoms with van der Waals surface area (Å²) in [6.07, 6.45) is 7.01. The normalized spacial score (nSPS) is 10.1. The molecule has 0 unspecified atom stereocenters. The molecule has 0 heterocycles. The second-order valence-electron chi connectivity index (χ2n) is 3.12. The topological polar surface area (TPSA) is 26.3 Å². The van der Waals surface area contributed by atoms with Crippen molar-refractivity contribution in [3.63, 3.8) is 0 Å². The lowest BCUT2D eigenvalue weighted by molar-refractivity contribution is -0.137. The zero-order valence-corrected chi connectivity index (χ0v) is 8.67. The molecule has 0 amide bonds. The lowest BCUT2D eigenvalue weighted by Crippen LogP contribution is -2.01. The number of carbonyl (C=O) groups excluding carboxylic acids is 1. The third-order valence-corrected chi connectivity index (χ3v) is 1.40. The van der Waals surface area contributed by atoms with Crippen molar-refractivity contribution in [1.82, 2.24) is 0 Å². The van der Waals surface area contributed by atoms with Crippen LogP contribution in [0.5, 0.6) is 0 Å². The van der Waals surface area contributed by atoms with Crippen molar-refractivity contribution in [1.29, 1.82) is 0 Å². The Bertz CT molecular complexity index is 198. The van der Waals surface area contributed by atoms with Crippen molar-refractivity contribution < 1.29 is 9.53 Å². The highest BCUT2D eigenvalue weighted by Crippen LogP contribution is 1.92. The zero-order valence-electron chi connectivity index (χ0n) is 8.67. The first-order valence-corrected chi connectivity index (χ1v) is 4.65. The van der Waals surface area contributed by atoms with Gasteiger partial charge < -0.3 is 4.74 Å². The molecule has 0 aliphatic heterocycles. The van der Waals surface area contributed by atoms with Crippen LogP contribution in [0.15, 0.2) is 23.8 Å². The highest BCUT2D eigenvalue weighted by atomic mass is 16.5. The predicted molar refractivity (Wildman–Crippen MR) is 54.4 cm³/mol. The zero-order chi connectivity index (χ0) is 10.1. The number of rotatable bonds is 5. The third kappa shape index (κ3) is 8.86. The molecule has 0 N–H and O–H groups in total. The van der Waals surface area contributed by atoms with Crippen molar-refractivity contribution in [3.05, 3.63) is 23.8 Å². The Labute approximate surface area is 80.3 Å². The van der Waals surface area contributed by atoms with Crippen LogP contribution in [0.4, 0.5) is 0 Å². The molecule has 0 bridgehead atoms. The molecule has 0 saturated carbocycles. The van der Waals surface area contributed by atoms with E-state index in [-0.39, 0.29) is 5.97 Å². The molecule has 0 aromatic rings. The Kier molecular flexibility index (Phi) is 6.98. The van der Waals surface area contributed by atoms with Crippen LogP contribution in [-0.2, 0) is 9.53 Å². The monoisotopic (exact) mass is 182 g/mol. The number of unbranched alkanes of at least 4 members (excludes halogenated alkanes) is 1. The van der Waals surface area contributed by atoms with Gasteiger partial charge in [-0.3, -0.25) is 0 Å². The SMILES string of the molecule is CCCCOC(=O)/C=C/C=C(C)C. The van der Waals surface area contributed by atoms with E-state index in [0.717, 1.165) is 18.4 Å². The fraction of sp³-hybridized carbons (Fsp3) is 0.545. The van der Waals surface area contributed by atoms with Gasteiger partial charge in [0.2, 0.25) is 0 Å². The Morgan fingerprint density at radius 2 is 2.08 bits per heavy atom. The summed E-state index contributed by atoms with van der Waals surface area (Å²) < 4.78 is 4.91. The number of hydrogen-bond acceptors (Lipinski definition) is 2. The molecule has 0 atom stereocenters. The van der Waals surface area contributed by atoms with Gasteiger partial charge >= 0.3 is 5.97 Å². The van der Waals surface area contributed by atoms with Gasteiger partial charge in [-0.25, -0.2) is 4.79 Å². The van der Waals surface area contributed by atoms with E-state index < -0.39 is 0 Å². The molecule has 0 aromatic heterocycles. The highest BCUT2D eigenvalue weighted by molar-refractivity contribution is 5.82.